The second-order valence-corrected chi connectivity index (χ2v) is 13.7. The summed E-state index contributed by atoms with van der Waals surface area (Å²) >= 11 is 7.22. The van der Waals surface area contributed by atoms with Gasteiger partial charge < -0.3 is 25.6 Å². The molecule has 16 heteroatoms. The smallest absolute Gasteiger partial charge is 0.423 e. The Kier molecular flexibility index (Phi) is 13.6. The first-order chi connectivity index (χ1) is 25.4. The van der Waals surface area contributed by atoms with Crippen molar-refractivity contribution >= 4 is 76.9 Å². The van der Waals surface area contributed by atoms with Gasteiger partial charge in [0.05, 0.1) is 28.1 Å². The van der Waals surface area contributed by atoms with E-state index in [0.29, 0.717) is 28.2 Å². The van der Waals surface area contributed by atoms with Gasteiger partial charge in [0.25, 0.3) is 11.8 Å². The maximum Gasteiger partial charge on any atom is 0.488 e. The van der Waals surface area contributed by atoms with Crippen LogP contribution in [0.25, 0.3) is 0 Å². The van der Waals surface area contributed by atoms with E-state index in [0.717, 1.165) is 62.0 Å². The number of alkyl halides is 3. The Labute approximate surface area is 314 Å². The largest absolute Gasteiger partial charge is 0.488 e. The molecule has 0 atom stereocenters. The van der Waals surface area contributed by atoms with Crippen molar-refractivity contribution in [2.45, 2.75) is 37.6 Å². The standard InChI is InChI=1S/C37H36BClF3N5O5S/c39-32-13-7-24(20-31(32)37(40,41)42)22-43-46-36(50)30-21-29(47-16-2-1-3-17-47)12-14-33(30)45-35(49)26-6-4-5-25(19-26)23-53-18-15-34(48)44-28-10-8-27(9-11-28)38(51)52/h4-14,19-22,51-52H,1-3,15-18,23H2,(H,44,48)(H,45,49)(H,46,50)/b43-22+. The summed E-state index contributed by atoms with van der Waals surface area (Å²) in [4.78, 5) is 41.4. The van der Waals surface area contributed by atoms with Crippen LogP contribution in [0.3, 0.4) is 0 Å². The Morgan fingerprint density at radius 3 is 2.38 bits per heavy atom. The van der Waals surface area contributed by atoms with Crippen LogP contribution < -0.4 is 26.4 Å². The van der Waals surface area contributed by atoms with E-state index in [-0.39, 0.29) is 29.1 Å². The Hall–Kier alpha value is -4.83. The number of anilines is 3. The highest BCUT2D eigenvalue weighted by Gasteiger charge is 2.33. The molecule has 1 heterocycles. The summed E-state index contributed by atoms with van der Waals surface area (Å²) in [5, 5.41) is 27.4. The summed E-state index contributed by atoms with van der Waals surface area (Å²) < 4.78 is 39.9. The molecule has 4 aromatic carbocycles. The molecular weight excluding hydrogens is 730 g/mol. The number of halogens is 4. The monoisotopic (exact) mass is 765 g/mol. The molecule has 53 heavy (non-hydrogen) atoms. The first kappa shape index (κ1) is 39.4. The Morgan fingerprint density at radius 1 is 0.906 bits per heavy atom. The maximum atomic E-state index is 13.4. The molecule has 4 aromatic rings. The number of carbonyl (C=O) groups excluding carboxylic acids is 3. The number of nitrogens with zero attached hydrogens (tertiary/aromatic N) is 2. The van der Waals surface area contributed by atoms with Crippen LogP contribution in [0.15, 0.2) is 90.0 Å². The summed E-state index contributed by atoms with van der Waals surface area (Å²) in [5.41, 5.74) is 4.62. The lowest BCUT2D eigenvalue weighted by Crippen LogP contribution is -2.30. The van der Waals surface area contributed by atoms with Gasteiger partial charge in [-0.05, 0) is 90.4 Å². The van der Waals surface area contributed by atoms with E-state index < -0.39 is 35.7 Å². The Morgan fingerprint density at radius 2 is 1.66 bits per heavy atom. The third-order valence-corrected chi connectivity index (χ3v) is 9.68. The van der Waals surface area contributed by atoms with Crippen molar-refractivity contribution < 1.29 is 37.6 Å². The topological polar surface area (TPSA) is 143 Å². The van der Waals surface area contributed by atoms with Gasteiger partial charge in [-0.1, -0.05) is 41.9 Å². The number of rotatable bonds is 13. The minimum Gasteiger partial charge on any atom is -0.423 e. The quantitative estimate of drug-likeness (QED) is 0.0465. The molecule has 0 spiro atoms. The number of piperidine rings is 1. The van der Waals surface area contributed by atoms with Crippen LogP contribution in [-0.2, 0) is 16.7 Å². The minimum atomic E-state index is -4.66. The van der Waals surface area contributed by atoms with Crippen LogP contribution in [-0.4, -0.2) is 59.9 Å². The lowest BCUT2D eigenvalue weighted by atomic mass is 9.80. The zero-order chi connectivity index (χ0) is 38.0. The lowest BCUT2D eigenvalue weighted by Gasteiger charge is -2.29. The van der Waals surface area contributed by atoms with Crippen LogP contribution >= 0.6 is 23.4 Å². The van der Waals surface area contributed by atoms with Crippen molar-refractivity contribution in [3.63, 3.8) is 0 Å². The van der Waals surface area contributed by atoms with E-state index in [1.54, 1.807) is 42.5 Å². The molecule has 0 unspecified atom stereocenters. The molecule has 1 aliphatic rings. The van der Waals surface area contributed by atoms with Crippen molar-refractivity contribution in [3.05, 3.63) is 118 Å². The van der Waals surface area contributed by atoms with E-state index in [2.05, 4.69) is 26.1 Å². The van der Waals surface area contributed by atoms with E-state index in [9.17, 15) is 37.6 Å². The number of thioether (sulfide) groups is 1. The number of amides is 3. The van der Waals surface area contributed by atoms with Gasteiger partial charge in [-0.25, -0.2) is 5.43 Å². The Bertz CT molecular complexity index is 1960. The summed E-state index contributed by atoms with van der Waals surface area (Å²) in [7, 11) is -1.58. The van der Waals surface area contributed by atoms with E-state index in [1.807, 2.05) is 12.1 Å². The van der Waals surface area contributed by atoms with E-state index >= 15 is 0 Å². The highest BCUT2D eigenvalue weighted by Crippen LogP contribution is 2.35. The summed E-state index contributed by atoms with van der Waals surface area (Å²) in [6.45, 7) is 1.62. The molecule has 0 aliphatic carbocycles. The molecule has 0 aromatic heterocycles. The fourth-order valence-corrected chi connectivity index (χ4v) is 6.67. The van der Waals surface area contributed by atoms with Crippen molar-refractivity contribution in [3.8, 4) is 0 Å². The molecule has 0 radical (unpaired) electrons. The summed E-state index contributed by atoms with van der Waals surface area (Å²) in [6.07, 6.45) is -0.232. The molecule has 5 rings (SSSR count). The second-order valence-electron chi connectivity index (χ2n) is 12.2. The van der Waals surface area contributed by atoms with E-state index in [4.69, 9.17) is 11.6 Å². The fourth-order valence-electron chi connectivity index (χ4n) is 5.56. The summed E-state index contributed by atoms with van der Waals surface area (Å²) in [5.74, 6) is -0.274. The van der Waals surface area contributed by atoms with Crippen LogP contribution in [0.4, 0.5) is 30.2 Å². The van der Waals surface area contributed by atoms with Crippen molar-refractivity contribution in [2.24, 2.45) is 5.10 Å². The van der Waals surface area contributed by atoms with Crippen LogP contribution in [0, 0.1) is 0 Å². The fraction of sp³-hybridized carbons (Fsp3) is 0.243. The van der Waals surface area contributed by atoms with Crippen molar-refractivity contribution in [2.75, 3.05) is 34.4 Å². The zero-order valence-electron chi connectivity index (χ0n) is 28.3. The molecule has 3 amide bonds. The van der Waals surface area contributed by atoms with Gasteiger partial charge in [0, 0.05) is 48.0 Å². The summed E-state index contributed by atoms with van der Waals surface area (Å²) in [6, 6.07) is 21.6. The van der Waals surface area contributed by atoms with Gasteiger partial charge >= 0.3 is 13.3 Å². The molecule has 0 bridgehead atoms. The van der Waals surface area contributed by atoms with Gasteiger partial charge in [0.15, 0.2) is 0 Å². The number of nitrogens with one attached hydrogen (secondary N) is 3. The number of benzene rings is 4. The molecule has 10 nitrogen and oxygen atoms in total. The Balaban J connectivity index is 1.22. The lowest BCUT2D eigenvalue weighted by molar-refractivity contribution is -0.137. The second kappa shape index (κ2) is 18.3. The minimum absolute atomic E-state index is 0.0753. The molecule has 5 N–H and O–H groups in total. The third kappa shape index (κ3) is 11.3. The van der Waals surface area contributed by atoms with Gasteiger partial charge in [-0.3, -0.25) is 14.4 Å². The van der Waals surface area contributed by atoms with Crippen LogP contribution in [0.1, 0.15) is 63.1 Å². The molecular formula is C37H36BClF3N5O5S. The van der Waals surface area contributed by atoms with Gasteiger partial charge in [0.1, 0.15) is 0 Å². The molecule has 0 saturated carbocycles. The first-order valence-electron chi connectivity index (χ1n) is 16.7. The SMILES string of the molecule is O=C(CCSCc1cccc(C(=O)Nc2ccc(N3CCCCC3)cc2C(=O)N/N=C/c2ccc(Cl)c(C(F)(F)F)c2)c1)Nc1ccc(B(O)O)cc1. The zero-order valence-corrected chi connectivity index (χ0v) is 29.9. The number of hydrogen-bond donors (Lipinski definition) is 5. The molecule has 276 valence electrons. The molecule has 1 aliphatic heterocycles. The van der Waals surface area contributed by atoms with Crippen molar-refractivity contribution in [1.29, 1.82) is 0 Å². The molecule has 1 fully saturated rings. The molecule has 1 saturated heterocycles. The van der Waals surface area contributed by atoms with Crippen LogP contribution in [0.2, 0.25) is 5.02 Å². The predicted molar refractivity (Wildman–Crippen MR) is 204 cm³/mol. The highest BCUT2D eigenvalue weighted by atomic mass is 35.5. The average Bonchev–Trinajstić information content (AvgIpc) is 3.14. The van der Waals surface area contributed by atoms with Gasteiger partial charge in [0.2, 0.25) is 5.91 Å². The first-order valence-corrected chi connectivity index (χ1v) is 18.2. The van der Waals surface area contributed by atoms with Crippen LogP contribution in [0.5, 0.6) is 0 Å². The average molecular weight is 766 g/mol. The number of hydrazone groups is 1. The van der Waals surface area contributed by atoms with Crippen molar-refractivity contribution in [1.82, 2.24) is 5.43 Å². The van der Waals surface area contributed by atoms with E-state index in [1.165, 1.54) is 30.0 Å². The third-order valence-electron chi connectivity index (χ3n) is 8.32. The highest BCUT2D eigenvalue weighted by molar-refractivity contribution is 7.98. The van der Waals surface area contributed by atoms with Gasteiger partial charge in [-0.15, -0.1) is 0 Å². The maximum absolute atomic E-state index is 13.4. The normalized spacial score (nSPS) is 13.1. The number of hydrogen-bond acceptors (Lipinski definition) is 8. The number of carbonyl (C=O) groups is 3. The van der Waals surface area contributed by atoms with Gasteiger partial charge in [-0.2, -0.15) is 30.0 Å². The predicted octanol–water partition coefficient (Wildman–Crippen LogP) is 6.31.